The van der Waals surface area contributed by atoms with Crippen LogP contribution in [0.25, 0.3) is 0 Å². The van der Waals surface area contributed by atoms with Crippen LogP contribution in [0.1, 0.15) is 49.9 Å². The first-order valence-electron chi connectivity index (χ1n) is 9.97. The minimum absolute atomic E-state index is 0.0789. The highest BCUT2D eigenvalue weighted by atomic mass is 32.2. The number of nitrogens with one attached hydrogen (secondary N) is 1. The molecule has 1 N–H and O–H groups in total. The molecule has 0 saturated carbocycles. The number of carbonyl (C=O) groups is 1. The van der Waals surface area contributed by atoms with Gasteiger partial charge in [-0.1, -0.05) is 33.1 Å². The maximum absolute atomic E-state index is 12.9. The van der Waals surface area contributed by atoms with Crippen LogP contribution in [-0.2, 0) is 14.8 Å². The van der Waals surface area contributed by atoms with Crippen molar-refractivity contribution in [2.75, 3.05) is 40.0 Å². The second-order valence-corrected chi connectivity index (χ2v) is 8.80. The third kappa shape index (κ3) is 5.93. The van der Waals surface area contributed by atoms with Crippen LogP contribution >= 0.6 is 0 Å². The maximum atomic E-state index is 12.9. The van der Waals surface area contributed by atoms with Gasteiger partial charge in [-0.15, -0.1) is 0 Å². The van der Waals surface area contributed by atoms with Gasteiger partial charge in [0, 0.05) is 19.6 Å². The molecule has 1 heterocycles. The molecule has 1 amide bonds. The molecule has 1 aromatic rings. The fourth-order valence-electron chi connectivity index (χ4n) is 3.21. The number of nitrogens with zero attached hydrogens (tertiary/aromatic N) is 1. The summed E-state index contributed by atoms with van der Waals surface area (Å²) in [6.45, 7) is 6.51. The first-order valence-corrected chi connectivity index (χ1v) is 11.5. The van der Waals surface area contributed by atoms with Gasteiger partial charge in [-0.3, -0.25) is 4.79 Å². The fraction of sp³-hybridized carbons (Fsp3) is 0.650. The Balaban J connectivity index is 2.19. The van der Waals surface area contributed by atoms with Gasteiger partial charge in [0.1, 0.15) is 5.75 Å². The zero-order valence-electron chi connectivity index (χ0n) is 17.1. The first-order chi connectivity index (χ1) is 13.4. The smallest absolute Gasteiger partial charge is 0.257 e. The molecule has 0 radical (unpaired) electrons. The van der Waals surface area contributed by atoms with E-state index in [1.807, 2.05) is 0 Å². The van der Waals surface area contributed by atoms with Crippen molar-refractivity contribution in [3.63, 3.8) is 0 Å². The van der Waals surface area contributed by atoms with Crippen LogP contribution in [0.15, 0.2) is 23.1 Å². The molecule has 1 aliphatic heterocycles. The number of hydrogen-bond donors (Lipinski definition) is 1. The highest BCUT2D eigenvalue weighted by Gasteiger charge is 2.25. The second-order valence-electron chi connectivity index (χ2n) is 7.04. The number of carbonyl (C=O) groups excluding carboxylic acids is 1. The van der Waals surface area contributed by atoms with E-state index in [0.717, 1.165) is 25.7 Å². The first kappa shape index (κ1) is 22.6. The summed E-state index contributed by atoms with van der Waals surface area (Å²) in [6.07, 6.45) is 4.10. The normalized spacial score (nSPS) is 16.0. The number of benzene rings is 1. The lowest BCUT2D eigenvalue weighted by molar-refractivity contribution is 0.0300. The van der Waals surface area contributed by atoms with Crippen molar-refractivity contribution >= 4 is 15.9 Å². The number of hydrogen-bond acceptors (Lipinski definition) is 5. The van der Waals surface area contributed by atoms with Gasteiger partial charge >= 0.3 is 0 Å². The summed E-state index contributed by atoms with van der Waals surface area (Å²) in [5.41, 5.74) is 0.255. The van der Waals surface area contributed by atoms with Crippen LogP contribution in [0.4, 0.5) is 0 Å². The summed E-state index contributed by atoms with van der Waals surface area (Å²) in [7, 11) is -2.23. The predicted molar refractivity (Wildman–Crippen MR) is 108 cm³/mol. The molecule has 1 aliphatic rings. The standard InChI is InChI=1S/C20H32N2O5S/c1-4-6-7-16(5-2)15-21-28(24,25)17-8-9-19(26-3)18(14-17)20(23)22-10-12-27-13-11-22/h8-9,14,16,21H,4-7,10-13,15H2,1-3H3/t16-/m1/s1. The lowest BCUT2D eigenvalue weighted by Gasteiger charge is -2.27. The summed E-state index contributed by atoms with van der Waals surface area (Å²) in [4.78, 5) is 14.6. The number of unbranched alkanes of at least 4 members (excludes halogenated alkanes) is 1. The molecule has 0 spiro atoms. The molecule has 7 nitrogen and oxygen atoms in total. The SMILES string of the molecule is CCCC[C@@H](CC)CNS(=O)(=O)c1ccc(OC)c(C(=O)N2CCOCC2)c1. The molecule has 158 valence electrons. The maximum Gasteiger partial charge on any atom is 0.257 e. The summed E-state index contributed by atoms with van der Waals surface area (Å²) >= 11 is 0. The molecule has 1 fully saturated rings. The predicted octanol–water partition coefficient (Wildman–Crippen LogP) is 2.66. The Labute approximate surface area is 168 Å². The van der Waals surface area contributed by atoms with Crippen molar-refractivity contribution in [1.29, 1.82) is 0 Å². The molecule has 0 aromatic heterocycles. The summed E-state index contributed by atoms with van der Waals surface area (Å²) in [6, 6.07) is 4.42. The fourth-order valence-corrected chi connectivity index (χ4v) is 4.35. The molecular weight excluding hydrogens is 380 g/mol. The number of methoxy groups -OCH3 is 1. The van der Waals surface area contributed by atoms with E-state index in [-0.39, 0.29) is 16.4 Å². The van der Waals surface area contributed by atoms with E-state index < -0.39 is 10.0 Å². The number of ether oxygens (including phenoxy) is 2. The van der Waals surface area contributed by atoms with Crippen LogP contribution in [0, 0.1) is 5.92 Å². The molecule has 0 unspecified atom stereocenters. The molecule has 0 aliphatic carbocycles. The summed E-state index contributed by atoms with van der Waals surface area (Å²) < 4.78 is 38.8. The lowest BCUT2D eigenvalue weighted by atomic mass is 10.00. The molecule has 0 bridgehead atoms. The Bertz CT molecular complexity index is 745. The average Bonchev–Trinajstić information content (AvgIpc) is 2.73. The zero-order valence-corrected chi connectivity index (χ0v) is 17.9. The number of morpholine rings is 1. The van der Waals surface area contributed by atoms with Crippen molar-refractivity contribution in [2.24, 2.45) is 5.92 Å². The topological polar surface area (TPSA) is 84.9 Å². The highest BCUT2D eigenvalue weighted by molar-refractivity contribution is 7.89. The van der Waals surface area contributed by atoms with Gasteiger partial charge in [0.05, 0.1) is 30.8 Å². The van der Waals surface area contributed by atoms with Gasteiger partial charge in [-0.2, -0.15) is 0 Å². The van der Waals surface area contributed by atoms with Gasteiger partial charge in [0.2, 0.25) is 10.0 Å². The quantitative estimate of drug-likeness (QED) is 0.639. The van der Waals surface area contributed by atoms with E-state index in [2.05, 4.69) is 18.6 Å². The summed E-state index contributed by atoms with van der Waals surface area (Å²) in [5, 5.41) is 0. The molecule has 1 atom stereocenters. The van der Waals surface area contributed by atoms with Crippen molar-refractivity contribution in [2.45, 2.75) is 44.4 Å². The van der Waals surface area contributed by atoms with E-state index in [1.54, 1.807) is 4.90 Å². The number of rotatable bonds is 10. The molecule has 1 saturated heterocycles. The van der Waals surface area contributed by atoms with E-state index in [0.29, 0.717) is 44.5 Å². The Hall–Kier alpha value is -1.64. The number of sulfonamides is 1. The molecule has 2 rings (SSSR count). The molecule has 8 heteroatoms. The third-order valence-corrected chi connectivity index (χ3v) is 6.54. The minimum atomic E-state index is -3.70. The summed E-state index contributed by atoms with van der Waals surface area (Å²) in [5.74, 6) is 0.429. The third-order valence-electron chi connectivity index (χ3n) is 5.12. The van der Waals surface area contributed by atoms with E-state index in [9.17, 15) is 13.2 Å². The van der Waals surface area contributed by atoms with Crippen LogP contribution in [0.5, 0.6) is 5.75 Å². The molecular formula is C20H32N2O5S. The largest absolute Gasteiger partial charge is 0.496 e. The van der Waals surface area contributed by atoms with Gasteiger partial charge in [-0.25, -0.2) is 13.1 Å². The van der Waals surface area contributed by atoms with Gasteiger partial charge in [0.25, 0.3) is 5.91 Å². The second kappa shape index (κ2) is 10.8. The Kier molecular flexibility index (Phi) is 8.72. The minimum Gasteiger partial charge on any atom is -0.496 e. The monoisotopic (exact) mass is 412 g/mol. The van der Waals surface area contributed by atoms with Gasteiger partial charge < -0.3 is 14.4 Å². The average molecular weight is 413 g/mol. The molecule has 1 aromatic carbocycles. The van der Waals surface area contributed by atoms with Crippen molar-refractivity contribution in [3.8, 4) is 5.75 Å². The zero-order chi connectivity index (χ0) is 20.6. The van der Waals surface area contributed by atoms with E-state index >= 15 is 0 Å². The lowest BCUT2D eigenvalue weighted by Crippen LogP contribution is -2.41. The van der Waals surface area contributed by atoms with E-state index in [1.165, 1.54) is 25.3 Å². The van der Waals surface area contributed by atoms with Crippen LogP contribution in [0.2, 0.25) is 0 Å². The van der Waals surface area contributed by atoms with E-state index in [4.69, 9.17) is 9.47 Å². The Morgan fingerprint density at radius 1 is 1.29 bits per heavy atom. The van der Waals surface area contributed by atoms with Gasteiger partial charge in [0.15, 0.2) is 0 Å². The Morgan fingerprint density at radius 2 is 2.00 bits per heavy atom. The molecule has 28 heavy (non-hydrogen) atoms. The van der Waals surface area contributed by atoms with Crippen molar-refractivity contribution in [1.82, 2.24) is 9.62 Å². The van der Waals surface area contributed by atoms with Crippen molar-refractivity contribution in [3.05, 3.63) is 23.8 Å². The van der Waals surface area contributed by atoms with Crippen LogP contribution < -0.4 is 9.46 Å². The number of amides is 1. The Morgan fingerprint density at radius 3 is 2.61 bits per heavy atom. The van der Waals surface area contributed by atoms with Crippen LogP contribution in [-0.4, -0.2) is 59.2 Å². The van der Waals surface area contributed by atoms with Gasteiger partial charge in [-0.05, 0) is 30.5 Å². The van der Waals surface area contributed by atoms with Crippen LogP contribution in [0.3, 0.4) is 0 Å². The van der Waals surface area contributed by atoms with Crippen molar-refractivity contribution < 1.29 is 22.7 Å². The highest BCUT2D eigenvalue weighted by Crippen LogP contribution is 2.25.